The van der Waals surface area contributed by atoms with Crippen LogP contribution in [0.15, 0.2) is 35.1 Å². The lowest BCUT2D eigenvalue weighted by Gasteiger charge is -2.22. The Bertz CT molecular complexity index is 1230. The lowest BCUT2D eigenvalue weighted by atomic mass is 9.85. The van der Waals surface area contributed by atoms with E-state index in [1.807, 2.05) is 52.0 Å². The van der Waals surface area contributed by atoms with Crippen molar-refractivity contribution in [2.24, 2.45) is 0 Å². The van der Waals surface area contributed by atoms with E-state index < -0.39 is 5.41 Å². The van der Waals surface area contributed by atoms with Gasteiger partial charge in [0.15, 0.2) is 21.5 Å². The number of carbonyl (C=O) groups is 1. The predicted molar refractivity (Wildman–Crippen MR) is 119 cm³/mol. The van der Waals surface area contributed by atoms with Crippen LogP contribution < -0.4 is 10.6 Å². The van der Waals surface area contributed by atoms with E-state index in [2.05, 4.69) is 30.7 Å². The highest BCUT2D eigenvalue weighted by Gasteiger charge is 2.30. The summed E-state index contributed by atoms with van der Waals surface area (Å²) in [6, 6.07) is 7.57. The number of rotatable bonds is 6. The second kappa shape index (κ2) is 7.95. The van der Waals surface area contributed by atoms with Crippen molar-refractivity contribution in [3.63, 3.8) is 0 Å². The average Bonchev–Trinajstić information content (AvgIpc) is 3.32. The van der Waals surface area contributed by atoms with Crippen LogP contribution in [0.3, 0.4) is 0 Å². The maximum Gasteiger partial charge on any atom is 0.315 e. The van der Waals surface area contributed by atoms with Crippen LogP contribution in [0.4, 0.5) is 22.3 Å². The smallest absolute Gasteiger partial charge is 0.315 e. The zero-order valence-electron chi connectivity index (χ0n) is 17.8. The third-order valence-corrected chi connectivity index (χ3v) is 5.90. The van der Waals surface area contributed by atoms with Gasteiger partial charge in [0.25, 0.3) is 0 Å². The van der Waals surface area contributed by atoms with E-state index in [9.17, 15) is 4.79 Å². The molecule has 31 heavy (non-hydrogen) atoms. The van der Waals surface area contributed by atoms with Gasteiger partial charge in [-0.3, -0.25) is 4.79 Å². The highest BCUT2D eigenvalue weighted by molar-refractivity contribution is 7.21. The topological polar surface area (TPSA) is 115 Å². The molecule has 0 radical (unpaired) electrons. The maximum absolute atomic E-state index is 12.0. The molecule has 0 unspecified atom stereocenters. The molecule has 0 aliphatic rings. The van der Waals surface area contributed by atoms with Crippen molar-refractivity contribution >= 4 is 50.0 Å². The largest absolute Gasteiger partial charge is 0.468 e. The van der Waals surface area contributed by atoms with Crippen LogP contribution in [0, 0.1) is 13.8 Å². The van der Waals surface area contributed by atoms with Gasteiger partial charge in [0.1, 0.15) is 23.2 Å². The first kappa shape index (κ1) is 20.7. The number of carbonyl (C=O) groups excluding carboxylic acids is 1. The molecule has 0 amide bonds. The molecule has 2 N–H and O–H groups in total. The van der Waals surface area contributed by atoms with Crippen molar-refractivity contribution in [2.45, 2.75) is 33.1 Å². The van der Waals surface area contributed by atoms with Crippen molar-refractivity contribution in [1.29, 1.82) is 0 Å². The first-order valence-corrected chi connectivity index (χ1v) is 10.4. The van der Waals surface area contributed by atoms with E-state index in [1.54, 1.807) is 0 Å². The molecule has 0 spiro atoms. The predicted octanol–water partition coefficient (Wildman–Crippen LogP) is 4.63. The van der Waals surface area contributed by atoms with Crippen LogP contribution in [0.5, 0.6) is 0 Å². The van der Waals surface area contributed by atoms with Gasteiger partial charge in [0, 0.05) is 5.69 Å². The summed E-state index contributed by atoms with van der Waals surface area (Å²) in [5.74, 6) is 0.996. The van der Waals surface area contributed by atoms with Crippen molar-refractivity contribution in [2.75, 3.05) is 17.7 Å². The second-order valence-corrected chi connectivity index (χ2v) is 8.52. The molecule has 4 rings (SSSR count). The average molecular weight is 439 g/mol. The number of aryl methyl sites for hydroxylation is 2. The molecule has 3 aromatic heterocycles. The van der Waals surface area contributed by atoms with Crippen molar-refractivity contribution in [1.82, 2.24) is 20.1 Å². The summed E-state index contributed by atoms with van der Waals surface area (Å²) in [7, 11) is 1.39. The minimum Gasteiger partial charge on any atom is -0.468 e. The minimum absolute atomic E-state index is 0.286. The van der Waals surface area contributed by atoms with Crippen LogP contribution in [0.1, 0.15) is 30.9 Å². The van der Waals surface area contributed by atoms with Gasteiger partial charge in [-0.2, -0.15) is 0 Å². The number of nitrogens with one attached hydrogen (secondary N) is 2. The third-order valence-electron chi connectivity index (χ3n) is 5.03. The van der Waals surface area contributed by atoms with Gasteiger partial charge < -0.3 is 19.9 Å². The van der Waals surface area contributed by atoms with Crippen molar-refractivity contribution in [3.8, 4) is 0 Å². The molecule has 0 aliphatic carbocycles. The second-order valence-electron chi connectivity index (χ2n) is 7.54. The Labute approximate surface area is 182 Å². The van der Waals surface area contributed by atoms with E-state index in [0.29, 0.717) is 22.2 Å². The molecular formula is C21H22N6O3S. The number of benzene rings is 1. The molecule has 10 heteroatoms. The van der Waals surface area contributed by atoms with Gasteiger partial charge in [0.05, 0.1) is 12.5 Å². The first-order chi connectivity index (χ1) is 14.8. The zero-order chi connectivity index (χ0) is 22.2. The number of methoxy groups -OCH3 is 1. The highest BCUT2D eigenvalue weighted by Crippen LogP contribution is 2.33. The number of anilines is 4. The Hall–Kier alpha value is -3.53. The Morgan fingerprint density at radius 2 is 1.87 bits per heavy atom. The fraction of sp³-hybridized carbons (Fsp3) is 0.286. The number of aromatic nitrogens is 4. The minimum atomic E-state index is -0.733. The van der Waals surface area contributed by atoms with Gasteiger partial charge in [0.2, 0.25) is 0 Å². The number of ether oxygens (including phenoxy) is 1. The van der Waals surface area contributed by atoms with Gasteiger partial charge in [-0.25, -0.2) is 15.0 Å². The molecule has 160 valence electrons. The number of fused-ring (bicyclic) bond motifs is 1. The van der Waals surface area contributed by atoms with E-state index >= 15 is 0 Å². The molecule has 0 saturated carbocycles. The molecule has 9 nitrogen and oxygen atoms in total. The first-order valence-electron chi connectivity index (χ1n) is 9.57. The molecule has 1 aromatic carbocycles. The molecule has 0 bridgehead atoms. The highest BCUT2D eigenvalue weighted by atomic mass is 32.1. The van der Waals surface area contributed by atoms with Gasteiger partial charge in [-0.05, 0) is 45.4 Å². The summed E-state index contributed by atoms with van der Waals surface area (Å²) in [6.45, 7) is 7.37. The molecule has 0 atom stereocenters. The molecular weight excluding hydrogens is 416 g/mol. The summed E-state index contributed by atoms with van der Waals surface area (Å²) in [4.78, 5) is 26.1. The summed E-state index contributed by atoms with van der Waals surface area (Å²) < 4.78 is 10.1. The zero-order valence-corrected chi connectivity index (χ0v) is 18.6. The lowest BCUT2D eigenvalue weighted by Crippen LogP contribution is -2.30. The standard InChI is InChI=1S/C21H22N6O3S/c1-11-15(12(2)30-27-11)25-20-26-16-17(22-10-23-18(16)31-20)24-14-8-6-13(7-9-14)21(3,4)19(28)29-5/h6-10H,1-5H3,(H,25,26)(H,22,23,24). The Morgan fingerprint density at radius 1 is 1.13 bits per heavy atom. The summed E-state index contributed by atoms with van der Waals surface area (Å²) in [5, 5.41) is 11.2. The van der Waals surface area contributed by atoms with E-state index in [4.69, 9.17) is 9.26 Å². The summed E-state index contributed by atoms with van der Waals surface area (Å²) in [5.41, 5.74) is 3.15. The molecule has 3 heterocycles. The fourth-order valence-corrected chi connectivity index (χ4v) is 3.96. The molecule has 0 fully saturated rings. The van der Waals surface area contributed by atoms with Crippen LogP contribution in [-0.2, 0) is 14.9 Å². The van der Waals surface area contributed by atoms with Crippen LogP contribution in [0.25, 0.3) is 10.3 Å². The molecule has 0 aliphatic heterocycles. The number of esters is 1. The van der Waals surface area contributed by atoms with Gasteiger partial charge >= 0.3 is 5.97 Å². The third kappa shape index (κ3) is 3.93. The van der Waals surface area contributed by atoms with E-state index in [-0.39, 0.29) is 5.97 Å². The number of thiazole rings is 1. The lowest BCUT2D eigenvalue weighted by molar-refractivity contribution is -0.146. The van der Waals surface area contributed by atoms with Crippen molar-refractivity contribution in [3.05, 3.63) is 47.6 Å². The monoisotopic (exact) mass is 438 g/mol. The van der Waals surface area contributed by atoms with Crippen LogP contribution in [0.2, 0.25) is 0 Å². The fourth-order valence-electron chi connectivity index (χ4n) is 3.15. The maximum atomic E-state index is 12.0. The SMILES string of the molecule is COC(=O)C(C)(C)c1ccc(Nc2ncnc3sc(Nc4c(C)noc4C)nc23)cc1. The van der Waals surface area contributed by atoms with E-state index in [1.165, 1.54) is 24.8 Å². The Kier molecular flexibility index (Phi) is 5.32. The number of nitrogens with zero attached hydrogens (tertiary/aromatic N) is 4. The normalized spacial score (nSPS) is 11.5. The quantitative estimate of drug-likeness (QED) is 0.416. The molecule has 4 aromatic rings. The van der Waals surface area contributed by atoms with Crippen molar-refractivity contribution < 1.29 is 14.1 Å². The van der Waals surface area contributed by atoms with Gasteiger partial charge in [-0.15, -0.1) is 0 Å². The number of hydrogen-bond acceptors (Lipinski definition) is 10. The Balaban J connectivity index is 1.59. The van der Waals surface area contributed by atoms with Crippen LogP contribution in [-0.4, -0.2) is 33.2 Å². The summed E-state index contributed by atoms with van der Waals surface area (Å²) >= 11 is 1.41. The van der Waals surface area contributed by atoms with Crippen LogP contribution >= 0.6 is 11.3 Å². The summed E-state index contributed by atoms with van der Waals surface area (Å²) in [6.07, 6.45) is 1.50. The van der Waals surface area contributed by atoms with Gasteiger partial charge in [-0.1, -0.05) is 28.6 Å². The molecule has 0 saturated heterocycles. The van der Waals surface area contributed by atoms with E-state index in [0.717, 1.165) is 27.5 Å². The Morgan fingerprint density at radius 3 is 2.52 bits per heavy atom. The number of hydrogen-bond donors (Lipinski definition) is 2.